The number of para-hydroxylation sites is 1. The Balaban J connectivity index is 2.29. The third-order valence-electron chi connectivity index (χ3n) is 3.39. The van der Waals surface area contributed by atoms with E-state index in [9.17, 15) is 4.39 Å². The Kier molecular flexibility index (Phi) is 3.31. The molecule has 0 saturated heterocycles. The zero-order chi connectivity index (χ0) is 14.3. The largest absolute Gasteiger partial charge is 0.327 e. The molecule has 0 aliphatic heterocycles. The van der Waals surface area contributed by atoms with Gasteiger partial charge in [-0.1, -0.05) is 12.1 Å². The first kappa shape index (κ1) is 13.3. The average molecular weight is 334 g/mol. The molecule has 0 aliphatic carbocycles. The molecule has 0 radical (unpaired) electrons. The van der Waals surface area contributed by atoms with Gasteiger partial charge in [-0.15, -0.1) is 0 Å². The van der Waals surface area contributed by atoms with Gasteiger partial charge in [0.25, 0.3) is 0 Å². The topological polar surface area (TPSA) is 43.8 Å². The fourth-order valence-electron chi connectivity index (χ4n) is 2.35. The van der Waals surface area contributed by atoms with Crippen molar-refractivity contribution in [3.8, 4) is 11.4 Å². The predicted molar refractivity (Wildman–Crippen MR) is 81.7 cm³/mol. The van der Waals surface area contributed by atoms with E-state index in [1.165, 1.54) is 12.1 Å². The maximum atomic E-state index is 13.2. The van der Waals surface area contributed by atoms with Crippen LogP contribution in [0.3, 0.4) is 0 Å². The lowest BCUT2D eigenvalue weighted by atomic mass is 10.2. The monoisotopic (exact) mass is 333 g/mol. The van der Waals surface area contributed by atoms with E-state index in [4.69, 9.17) is 5.73 Å². The summed E-state index contributed by atoms with van der Waals surface area (Å²) in [5, 5.41) is 0. The number of imidazole rings is 1. The van der Waals surface area contributed by atoms with Crippen LogP contribution in [0.5, 0.6) is 0 Å². The van der Waals surface area contributed by atoms with Crippen LogP contribution in [0.25, 0.3) is 22.4 Å². The predicted octanol–water partition coefficient (Wildman–Crippen LogP) is 3.60. The van der Waals surface area contributed by atoms with Gasteiger partial charge >= 0.3 is 0 Å². The van der Waals surface area contributed by atoms with Crippen molar-refractivity contribution in [2.75, 3.05) is 0 Å². The zero-order valence-electron chi connectivity index (χ0n) is 10.9. The number of nitrogens with zero attached hydrogens (tertiary/aromatic N) is 2. The van der Waals surface area contributed by atoms with Gasteiger partial charge in [-0.25, -0.2) is 9.37 Å². The van der Waals surface area contributed by atoms with Gasteiger partial charge in [0.1, 0.15) is 11.6 Å². The molecule has 3 aromatic rings. The third kappa shape index (κ3) is 2.03. The molecule has 1 heterocycles. The Morgan fingerprint density at radius 2 is 2.10 bits per heavy atom. The second kappa shape index (κ2) is 5.00. The Bertz CT molecular complexity index is 795. The van der Waals surface area contributed by atoms with Crippen molar-refractivity contribution >= 4 is 27.0 Å². The number of hydrogen-bond donors (Lipinski definition) is 1. The first-order valence-electron chi connectivity index (χ1n) is 6.21. The van der Waals surface area contributed by atoms with Gasteiger partial charge in [-0.2, -0.15) is 0 Å². The molecule has 1 aromatic heterocycles. The molecule has 3 rings (SSSR count). The van der Waals surface area contributed by atoms with Gasteiger partial charge in [-0.05, 0) is 45.8 Å². The average Bonchev–Trinajstić information content (AvgIpc) is 2.76. The minimum absolute atomic E-state index is 0.276. The zero-order valence-corrected chi connectivity index (χ0v) is 12.5. The van der Waals surface area contributed by atoms with E-state index in [0.29, 0.717) is 11.0 Å². The van der Waals surface area contributed by atoms with Crippen molar-refractivity contribution in [3.05, 3.63) is 52.3 Å². The highest BCUT2D eigenvalue weighted by atomic mass is 79.9. The standard InChI is InChI=1S/C15H13BrFN3/c1-20-13-4-2-3-9(8-18)14(13)19-15(20)11-6-5-10(17)7-12(11)16/h2-7H,8,18H2,1H3. The number of fused-ring (bicyclic) bond motifs is 1. The number of aromatic nitrogens is 2. The van der Waals surface area contributed by atoms with Gasteiger partial charge in [0.15, 0.2) is 0 Å². The van der Waals surface area contributed by atoms with E-state index in [0.717, 1.165) is 28.0 Å². The van der Waals surface area contributed by atoms with Crippen molar-refractivity contribution in [1.82, 2.24) is 9.55 Å². The second-order valence-corrected chi connectivity index (χ2v) is 5.46. The molecule has 2 aromatic carbocycles. The van der Waals surface area contributed by atoms with Gasteiger partial charge in [0.05, 0.1) is 11.0 Å². The molecular formula is C15H13BrFN3. The van der Waals surface area contributed by atoms with E-state index in [-0.39, 0.29) is 5.82 Å². The number of benzene rings is 2. The number of halogens is 2. The van der Waals surface area contributed by atoms with Crippen LogP contribution < -0.4 is 5.73 Å². The van der Waals surface area contributed by atoms with Crippen LogP contribution in [0, 0.1) is 5.82 Å². The van der Waals surface area contributed by atoms with Crippen LogP contribution in [0.4, 0.5) is 4.39 Å². The maximum absolute atomic E-state index is 13.2. The molecule has 0 atom stereocenters. The first-order valence-corrected chi connectivity index (χ1v) is 7.01. The van der Waals surface area contributed by atoms with Gasteiger partial charge in [0.2, 0.25) is 0 Å². The van der Waals surface area contributed by atoms with Crippen molar-refractivity contribution in [3.63, 3.8) is 0 Å². The lowest BCUT2D eigenvalue weighted by molar-refractivity contribution is 0.627. The molecule has 0 fully saturated rings. The van der Waals surface area contributed by atoms with E-state index in [1.54, 1.807) is 6.07 Å². The van der Waals surface area contributed by atoms with Gasteiger partial charge < -0.3 is 10.3 Å². The Morgan fingerprint density at radius 1 is 1.30 bits per heavy atom. The fourth-order valence-corrected chi connectivity index (χ4v) is 2.88. The summed E-state index contributed by atoms with van der Waals surface area (Å²) in [6, 6.07) is 10.5. The summed E-state index contributed by atoms with van der Waals surface area (Å²) < 4.78 is 15.9. The molecule has 5 heteroatoms. The highest BCUT2D eigenvalue weighted by Gasteiger charge is 2.14. The number of nitrogens with two attached hydrogens (primary N) is 1. The summed E-state index contributed by atoms with van der Waals surface area (Å²) in [5.74, 6) is 0.509. The van der Waals surface area contributed by atoms with Crippen molar-refractivity contribution in [1.29, 1.82) is 0 Å². The molecule has 0 saturated carbocycles. The Labute approximate surface area is 124 Å². The van der Waals surface area contributed by atoms with E-state index in [1.807, 2.05) is 29.8 Å². The highest BCUT2D eigenvalue weighted by Crippen LogP contribution is 2.31. The highest BCUT2D eigenvalue weighted by molar-refractivity contribution is 9.10. The summed E-state index contributed by atoms with van der Waals surface area (Å²) in [6.07, 6.45) is 0. The Hall–Kier alpha value is -1.72. The Morgan fingerprint density at radius 3 is 2.80 bits per heavy atom. The summed E-state index contributed by atoms with van der Waals surface area (Å²) in [7, 11) is 1.95. The molecule has 0 aliphatic rings. The van der Waals surface area contributed by atoms with Crippen LogP contribution in [-0.4, -0.2) is 9.55 Å². The smallest absolute Gasteiger partial charge is 0.142 e. The lowest BCUT2D eigenvalue weighted by Crippen LogP contribution is -1.97. The molecular weight excluding hydrogens is 321 g/mol. The summed E-state index contributed by atoms with van der Waals surface area (Å²) in [4.78, 5) is 4.67. The van der Waals surface area contributed by atoms with Crippen LogP contribution in [-0.2, 0) is 13.6 Å². The van der Waals surface area contributed by atoms with E-state index in [2.05, 4.69) is 20.9 Å². The minimum Gasteiger partial charge on any atom is -0.327 e. The van der Waals surface area contributed by atoms with Crippen LogP contribution in [0.15, 0.2) is 40.9 Å². The fraction of sp³-hybridized carbons (Fsp3) is 0.133. The number of hydrogen-bond acceptors (Lipinski definition) is 2. The SMILES string of the molecule is Cn1c(-c2ccc(F)cc2Br)nc2c(CN)cccc21. The van der Waals surface area contributed by atoms with Crippen molar-refractivity contribution in [2.24, 2.45) is 12.8 Å². The normalized spacial score (nSPS) is 11.2. The van der Waals surface area contributed by atoms with E-state index < -0.39 is 0 Å². The lowest BCUT2D eigenvalue weighted by Gasteiger charge is -2.05. The molecule has 0 unspecified atom stereocenters. The van der Waals surface area contributed by atoms with Crippen LogP contribution in [0.1, 0.15) is 5.56 Å². The van der Waals surface area contributed by atoms with Crippen molar-refractivity contribution in [2.45, 2.75) is 6.54 Å². The minimum atomic E-state index is -0.276. The molecule has 0 bridgehead atoms. The quantitative estimate of drug-likeness (QED) is 0.778. The summed E-state index contributed by atoms with van der Waals surface area (Å²) in [6.45, 7) is 0.443. The first-order chi connectivity index (χ1) is 9.61. The second-order valence-electron chi connectivity index (χ2n) is 4.61. The molecule has 20 heavy (non-hydrogen) atoms. The molecule has 2 N–H and O–H groups in total. The molecule has 102 valence electrons. The number of aryl methyl sites for hydroxylation is 1. The van der Waals surface area contributed by atoms with E-state index >= 15 is 0 Å². The molecule has 0 amide bonds. The third-order valence-corrected chi connectivity index (χ3v) is 4.04. The molecule has 0 spiro atoms. The number of rotatable bonds is 2. The van der Waals surface area contributed by atoms with Gasteiger partial charge in [0, 0.05) is 23.6 Å². The van der Waals surface area contributed by atoms with Crippen molar-refractivity contribution < 1.29 is 4.39 Å². The molecule has 3 nitrogen and oxygen atoms in total. The maximum Gasteiger partial charge on any atom is 0.142 e. The van der Waals surface area contributed by atoms with Gasteiger partial charge in [-0.3, -0.25) is 0 Å². The van der Waals surface area contributed by atoms with Crippen LogP contribution in [0.2, 0.25) is 0 Å². The summed E-state index contributed by atoms with van der Waals surface area (Å²) >= 11 is 3.39. The van der Waals surface area contributed by atoms with Crippen LogP contribution >= 0.6 is 15.9 Å². The summed E-state index contributed by atoms with van der Waals surface area (Å²) in [5.41, 5.74) is 9.52.